The number of benzene rings is 2. The number of hydrogen-bond donors (Lipinski definition) is 1. The molecule has 2 aromatic carbocycles. The van der Waals surface area contributed by atoms with Gasteiger partial charge in [-0.3, -0.25) is 29.4 Å². The van der Waals surface area contributed by atoms with Gasteiger partial charge in [0.1, 0.15) is 5.56 Å². The molecule has 1 aromatic heterocycles. The Kier molecular flexibility index (Phi) is 7.02. The molecule has 35 heavy (non-hydrogen) atoms. The SMILES string of the molecule is Cc1ccc(-c2nc(NC(=O)CCCCCN3C(=O)c4cccc([N+](=O)[O-])c4C3=O)sc2C)cc1. The fraction of sp³-hybridized carbons (Fsp3) is 0.280. The highest BCUT2D eigenvalue weighted by atomic mass is 32.1. The predicted octanol–water partition coefficient (Wildman–Crippen LogP) is 5.13. The number of imide groups is 1. The molecule has 0 fully saturated rings. The second kappa shape index (κ2) is 10.1. The molecule has 10 heteroatoms. The van der Waals surface area contributed by atoms with Crippen molar-refractivity contribution in [3.8, 4) is 11.3 Å². The highest BCUT2D eigenvalue weighted by Crippen LogP contribution is 2.32. The monoisotopic (exact) mass is 492 g/mol. The Labute approximate surface area is 205 Å². The van der Waals surface area contributed by atoms with Crippen LogP contribution in [0.25, 0.3) is 11.3 Å². The first-order valence-electron chi connectivity index (χ1n) is 11.2. The first kappa shape index (κ1) is 24.2. The third kappa shape index (κ3) is 5.12. The van der Waals surface area contributed by atoms with E-state index in [1.54, 1.807) is 0 Å². The summed E-state index contributed by atoms with van der Waals surface area (Å²) >= 11 is 1.43. The highest BCUT2D eigenvalue weighted by molar-refractivity contribution is 7.16. The van der Waals surface area contributed by atoms with Crippen LogP contribution >= 0.6 is 11.3 Å². The van der Waals surface area contributed by atoms with E-state index in [1.807, 2.05) is 38.1 Å². The Morgan fingerprint density at radius 2 is 1.80 bits per heavy atom. The van der Waals surface area contributed by atoms with E-state index in [1.165, 1.54) is 35.1 Å². The number of nitro benzene ring substituents is 1. The number of fused-ring (bicyclic) bond motifs is 1. The quantitative estimate of drug-likeness (QED) is 0.191. The van der Waals surface area contributed by atoms with Crippen molar-refractivity contribution in [1.29, 1.82) is 0 Å². The van der Waals surface area contributed by atoms with Gasteiger partial charge in [-0.25, -0.2) is 4.98 Å². The summed E-state index contributed by atoms with van der Waals surface area (Å²) in [6.45, 7) is 4.14. The predicted molar refractivity (Wildman–Crippen MR) is 133 cm³/mol. The topological polar surface area (TPSA) is 123 Å². The number of unbranched alkanes of at least 4 members (excludes halogenated alkanes) is 2. The van der Waals surface area contributed by atoms with Crippen molar-refractivity contribution in [2.45, 2.75) is 39.5 Å². The molecule has 3 amide bonds. The summed E-state index contributed by atoms with van der Waals surface area (Å²) in [5.41, 5.74) is 2.58. The van der Waals surface area contributed by atoms with Crippen molar-refractivity contribution in [3.63, 3.8) is 0 Å². The molecule has 0 radical (unpaired) electrons. The van der Waals surface area contributed by atoms with Gasteiger partial charge >= 0.3 is 0 Å². The summed E-state index contributed by atoms with van der Waals surface area (Å²) in [7, 11) is 0. The average Bonchev–Trinajstić information content (AvgIpc) is 3.31. The maximum atomic E-state index is 12.6. The molecule has 0 saturated carbocycles. The van der Waals surface area contributed by atoms with Crippen molar-refractivity contribution < 1.29 is 19.3 Å². The number of carbonyl (C=O) groups is 3. The fourth-order valence-corrected chi connectivity index (χ4v) is 4.87. The smallest absolute Gasteiger partial charge is 0.282 e. The lowest BCUT2D eigenvalue weighted by Gasteiger charge is -2.13. The number of aromatic nitrogens is 1. The van der Waals surface area contributed by atoms with Gasteiger partial charge in [-0.15, -0.1) is 11.3 Å². The minimum absolute atomic E-state index is 0.0623. The summed E-state index contributed by atoms with van der Waals surface area (Å²) < 4.78 is 0. The highest BCUT2D eigenvalue weighted by Gasteiger charge is 2.40. The Morgan fingerprint density at radius 3 is 2.51 bits per heavy atom. The van der Waals surface area contributed by atoms with Crippen LogP contribution in [0.3, 0.4) is 0 Å². The molecule has 9 nitrogen and oxygen atoms in total. The fourth-order valence-electron chi connectivity index (χ4n) is 4.01. The van der Waals surface area contributed by atoms with Gasteiger partial charge in [-0.05, 0) is 32.8 Å². The summed E-state index contributed by atoms with van der Waals surface area (Å²) in [6.07, 6.45) is 1.98. The van der Waals surface area contributed by atoms with E-state index in [9.17, 15) is 24.5 Å². The third-order valence-electron chi connectivity index (χ3n) is 5.83. The second-order valence-electron chi connectivity index (χ2n) is 8.37. The number of anilines is 1. The molecule has 0 atom stereocenters. The van der Waals surface area contributed by atoms with Crippen LogP contribution in [0.1, 0.15) is 56.8 Å². The van der Waals surface area contributed by atoms with Gasteiger partial charge in [0.05, 0.1) is 16.2 Å². The van der Waals surface area contributed by atoms with Crippen LogP contribution in [0.2, 0.25) is 0 Å². The number of amides is 3. The van der Waals surface area contributed by atoms with Crippen LogP contribution in [0.5, 0.6) is 0 Å². The molecule has 1 N–H and O–H groups in total. The van der Waals surface area contributed by atoms with Crippen molar-refractivity contribution in [1.82, 2.24) is 9.88 Å². The summed E-state index contributed by atoms with van der Waals surface area (Å²) in [6, 6.07) is 12.1. The summed E-state index contributed by atoms with van der Waals surface area (Å²) in [5.74, 6) is -1.31. The number of nitro groups is 1. The van der Waals surface area contributed by atoms with Crippen LogP contribution in [0.4, 0.5) is 10.8 Å². The molecule has 0 saturated heterocycles. The van der Waals surface area contributed by atoms with Crippen LogP contribution in [-0.2, 0) is 4.79 Å². The van der Waals surface area contributed by atoms with Gasteiger partial charge in [0.25, 0.3) is 17.5 Å². The molecule has 0 bridgehead atoms. The molecule has 0 unspecified atom stereocenters. The largest absolute Gasteiger partial charge is 0.302 e. The lowest BCUT2D eigenvalue weighted by atomic mass is 10.1. The number of hydrogen-bond acceptors (Lipinski definition) is 7. The Morgan fingerprint density at radius 1 is 1.06 bits per heavy atom. The van der Waals surface area contributed by atoms with E-state index in [0.29, 0.717) is 24.4 Å². The summed E-state index contributed by atoms with van der Waals surface area (Å²) in [4.78, 5) is 54.6. The lowest BCUT2D eigenvalue weighted by Crippen LogP contribution is -2.30. The Bertz CT molecular complexity index is 1320. The minimum Gasteiger partial charge on any atom is -0.302 e. The van der Waals surface area contributed by atoms with Crippen molar-refractivity contribution >= 4 is 39.9 Å². The number of carbonyl (C=O) groups excluding carboxylic acids is 3. The first-order valence-corrected chi connectivity index (χ1v) is 12.1. The first-order chi connectivity index (χ1) is 16.8. The zero-order valence-corrected chi connectivity index (χ0v) is 20.2. The zero-order chi connectivity index (χ0) is 25.1. The molecule has 1 aliphatic rings. The van der Waals surface area contributed by atoms with E-state index >= 15 is 0 Å². The van der Waals surface area contributed by atoms with Gasteiger partial charge < -0.3 is 5.32 Å². The molecule has 0 spiro atoms. The molecule has 180 valence electrons. The van der Waals surface area contributed by atoms with Crippen molar-refractivity contribution in [2.75, 3.05) is 11.9 Å². The lowest BCUT2D eigenvalue weighted by molar-refractivity contribution is -0.385. The minimum atomic E-state index is -0.653. The molecular weight excluding hydrogens is 468 g/mol. The molecule has 0 aliphatic carbocycles. The Balaban J connectivity index is 1.25. The van der Waals surface area contributed by atoms with Gasteiger partial charge in [0, 0.05) is 29.5 Å². The maximum Gasteiger partial charge on any atom is 0.282 e. The van der Waals surface area contributed by atoms with Crippen LogP contribution in [-0.4, -0.2) is 39.1 Å². The van der Waals surface area contributed by atoms with E-state index in [4.69, 9.17) is 0 Å². The molecule has 1 aliphatic heterocycles. The zero-order valence-electron chi connectivity index (χ0n) is 19.4. The standard InChI is InChI=1S/C25H24N4O5S/c1-15-10-12-17(13-11-15)22-16(2)35-25(27-22)26-20(30)9-4-3-5-14-28-23(31)18-7-6-8-19(29(33)34)21(18)24(28)32/h6-8,10-13H,3-5,9,14H2,1-2H3,(H,26,27,30). The van der Waals surface area contributed by atoms with Crippen LogP contribution in [0, 0.1) is 24.0 Å². The van der Waals surface area contributed by atoms with E-state index in [0.717, 1.165) is 21.0 Å². The number of rotatable bonds is 9. The number of aryl methyl sites for hydroxylation is 2. The number of thiazole rings is 1. The van der Waals surface area contributed by atoms with Gasteiger partial charge in [0.2, 0.25) is 5.91 Å². The maximum absolute atomic E-state index is 12.6. The number of nitrogens with zero attached hydrogens (tertiary/aromatic N) is 3. The summed E-state index contributed by atoms with van der Waals surface area (Å²) in [5, 5.41) is 14.6. The average molecular weight is 493 g/mol. The van der Waals surface area contributed by atoms with Crippen molar-refractivity contribution in [2.24, 2.45) is 0 Å². The molecule has 3 aromatic rings. The normalized spacial score (nSPS) is 12.7. The van der Waals surface area contributed by atoms with Crippen LogP contribution in [0.15, 0.2) is 42.5 Å². The Hall–Kier alpha value is -3.92. The van der Waals surface area contributed by atoms with Gasteiger partial charge in [-0.1, -0.05) is 42.3 Å². The second-order valence-corrected chi connectivity index (χ2v) is 9.57. The van der Waals surface area contributed by atoms with E-state index < -0.39 is 16.7 Å². The van der Waals surface area contributed by atoms with Gasteiger partial charge in [0.15, 0.2) is 5.13 Å². The molecule has 2 heterocycles. The third-order valence-corrected chi connectivity index (χ3v) is 6.71. The number of nitrogens with one attached hydrogen (secondary N) is 1. The van der Waals surface area contributed by atoms with E-state index in [2.05, 4.69) is 10.3 Å². The van der Waals surface area contributed by atoms with Crippen LogP contribution < -0.4 is 5.32 Å². The van der Waals surface area contributed by atoms with E-state index in [-0.39, 0.29) is 35.7 Å². The molecular formula is C25H24N4O5S. The van der Waals surface area contributed by atoms with Crippen molar-refractivity contribution in [3.05, 3.63) is 74.1 Å². The van der Waals surface area contributed by atoms with Gasteiger partial charge in [-0.2, -0.15) is 0 Å². The molecule has 4 rings (SSSR count).